The van der Waals surface area contributed by atoms with Crippen molar-refractivity contribution in [3.8, 4) is 0 Å². The topological polar surface area (TPSA) is 54.5 Å². The van der Waals surface area contributed by atoms with E-state index in [4.69, 9.17) is 0 Å². The van der Waals surface area contributed by atoms with Gasteiger partial charge in [0.1, 0.15) is 9.99 Å². The van der Waals surface area contributed by atoms with E-state index < -0.39 is 10.0 Å². The monoisotopic (exact) mass is 351 g/mol. The molecule has 1 saturated heterocycles. The second-order valence-corrected chi connectivity index (χ2v) is 9.04. The van der Waals surface area contributed by atoms with Crippen molar-refractivity contribution in [2.75, 3.05) is 13.1 Å². The molecule has 18 heavy (non-hydrogen) atoms. The Labute approximate surface area is 119 Å². The number of ketones is 1. The van der Waals surface area contributed by atoms with Gasteiger partial charge < -0.3 is 0 Å². The first kappa shape index (κ1) is 14.2. The van der Waals surface area contributed by atoms with Crippen molar-refractivity contribution >= 4 is 43.1 Å². The van der Waals surface area contributed by atoms with Gasteiger partial charge in [-0.25, -0.2) is 8.42 Å². The zero-order valence-corrected chi connectivity index (χ0v) is 13.4. The molecule has 1 atom stereocenters. The van der Waals surface area contributed by atoms with Crippen LogP contribution in [-0.2, 0) is 14.8 Å². The molecule has 0 amide bonds. The lowest BCUT2D eigenvalue weighted by molar-refractivity contribution is -0.124. The predicted octanol–water partition coefficient (Wildman–Crippen LogP) is 2.42. The van der Waals surface area contributed by atoms with Crippen LogP contribution in [0.1, 0.15) is 18.9 Å². The number of carbonyl (C=O) groups excluding carboxylic acids is 1. The summed E-state index contributed by atoms with van der Waals surface area (Å²) in [6, 6.07) is 1.67. The van der Waals surface area contributed by atoms with Gasteiger partial charge in [-0.05, 0) is 34.5 Å². The molecule has 1 aromatic rings. The number of rotatable bonds is 2. The van der Waals surface area contributed by atoms with Crippen LogP contribution in [0.3, 0.4) is 0 Å². The molecule has 4 nitrogen and oxygen atoms in total. The fourth-order valence-corrected chi connectivity index (χ4v) is 5.79. The second-order valence-electron chi connectivity index (χ2n) is 4.50. The lowest BCUT2D eigenvalue weighted by atomic mass is 10.0. The largest absolute Gasteiger partial charge is 0.299 e. The number of nitrogens with zero attached hydrogens (tertiary/aromatic N) is 1. The van der Waals surface area contributed by atoms with Gasteiger partial charge in [-0.1, -0.05) is 6.92 Å². The molecule has 1 unspecified atom stereocenters. The molecule has 1 aromatic heterocycles. The number of halogens is 1. The van der Waals surface area contributed by atoms with Gasteiger partial charge in [-0.3, -0.25) is 4.79 Å². The first-order chi connectivity index (χ1) is 8.32. The molecular weight excluding hydrogens is 338 g/mol. The van der Waals surface area contributed by atoms with E-state index in [0.29, 0.717) is 17.2 Å². The third-order valence-electron chi connectivity index (χ3n) is 3.06. The maximum Gasteiger partial charge on any atom is 0.252 e. The zero-order valence-electron chi connectivity index (χ0n) is 10.1. The van der Waals surface area contributed by atoms with Crippen molar-refractivity contribution in [3.63, 3.8) is 0 Å². The smallest absolute Gasteiger partial charge is 0.252 e. The van der Waals surface area contributed by atoms with Crippen LogP contribution in [0.5, 0.6) is 0 Å². The van der Waals surface area contributed by atoms with Gasteiger partial charge in [0.15, 0.2) is 0 Å². The maximum absolute atomic E-state index is 12.4. The van der Waals surface area contributed by atoms with E-state index in [1.165, 1.54) is 15.6 Å². The van der Waals surface area contributed by atoms with Crippen molar-refractivity contribution in [2.45, 2.75) is 24.5 Å². The lowest BCUT2D eigenvalue weighted by Gasteiger charge is -2.28. The fraction of sp³-hybridized carbons (Fsp3) is 0.545. The molecule has 1 aliphatic heterocycles. The molecule has 0 spiro atoms. The molecule has 0 aromatic carbocycles. The molecule has 0 aliphatic carbocycles. The summed E-state index contributed by atoms with van der Waals surface area (Å²) < 4.78 is 27.4. The van der Waals surface area contributed by atoms with E-state index in [1.807, 2.05) is 6.92 Å². The molecule has 7 heteroatoms. The van der Waals surface area contributed by atoms with Crippen LogP contribution in [0.4, 0.5) is 0 Å². The number of sulfonamides is 1. The first-order valence-corrected chi connectivity index (χ1v) is 8.66. The number of carbonyl (C=O) groups is 1. The summed E-state index contributed by atoms with van der Waals surface area (Å²) in [4.78, 5) is 11.4. The van der Waals surface area contributed by atoms with Gasteiger partial charge >= 0.3 is 0 Å². The van der Waals surface area contributed by atoms with Crippen LogP contribution in [0.15, 0.2) is 14.1 Å². The Kier molecular flexibility index (Phi) is 3.96. The quantitative estimate of drug-likeness (QED) is 0.821. The summed E-state index contributed by atoms with van der Waals surface area (Å²) >= 11 is 4.55. The number of thiophene rings is 1. The molecule has 1 fully saturated rings. The fourth-order valence-electron chi connectivity index (χ4n) is 1.88. The van der Waals surface area contributed by atoms with Crippen molar-refractivity contribution in [1.82, 2.24) is 4.31 Å². The third kappa shape index (κ3) is 2.54. The first-order valence-electron chi connectivity index (χ1n) is 5.61. The number of Topliss-reactive ketones (excluding diaryl/α,β-unsaturated/α-hetero) is 1. The highest BCUT2D eigenvalue weighted by Crippen LogP contribution is 2.33. The summed E-state index contributed by atoms with van der Waals surface area (Å²) in [5.41, 5.74) is 0.916. The summed E-state index contributed by atoms with van der Waals surface area (Å²) in [6.45, 7) is 4.22. The molecule has 2 heterocycles. The van der Waals surface area contributed by atoms with E-state index in [0.717, 1.165) is 9.35 Å². The van der Waals surface area contributed by atoms with Gasteiger partial charge in [0, 0.05) is 25.4 Å². The minimum Gasteiger partial charge on any atom is -0.299 e. The molecule has 0 radical (unpaired) electrons. The van der Waals surface area contributed by atoms with E-state index in [-0.39, 0.29) is 18.2 Å². The van der Waals surface area contributed by atoms with Gasteiger partial charge in [0.25, 0.3) is 10.0 Å². The Bertz CT molecular complexity index is 560. The molecule has 1 aliphatic rings. The summed E-state index contributed by atoms with van der Waals surface area (Å²) in [7, 11) is -3.45. The highest BCUT2D eigenvalue weighted by atomic mass is 79.9. The number of aryl methyl sites for hydroxylation is 1. The van der Waals surface area contributed by atoms with Crippen LogP contribution in [-0.4, -0.2) is 31.6 Å². The number of hydrogen-bond donors (Lipinski definition) is 0. The van der Waals surface area contributed by atoms with E-state index in [9.17, 15) is 13.2 Å². The molecule has 0 saturated carbocycles. The zero-order chi connectivity index (χ0) is 13.5. The van der Waals surface area contributed by atoms with Gasteiger partial charge in [-0.15, -0.1) is 11.3 Å². The van der Waals surface area contributed by atoms with Crippen molar-refractivity contribution in [1.29, 1.82) is 0 Å². The molecule has 0 N–H and O–H groups in total. The van der Waals surface area contributed by atoms with Crippen LogP contribution in [0.25, 0.3) is 0 Å². The summed E-state index contributed by atoms with van der Waals surface area (Å²) in [6.07, 6.45) is 0.311. The Balaban J connectivity index is 2.29. The maximum atomic E-state index is 12.4. The minimum absolute atomic E-state index is 0.144. The van der Waals surface area contributed by atoms with Crippen molar-refractivity contribution < 1.29 is 13.2 Å². The number of piperidine rings is 1. The van der Waals surface area contributed by atoms with Crippen LogP contribution < -0.4 is 0 Å². The van der Waals surface area contributed by atoms with Crippen LogP contribution in [0.2, 0.25) is 0 Å². The highest BCUT2D eigenvalue weighted by molar-refractivity contribution is 9.11. The third-order valence-corrected chi connectivity index (χ3v) is 7.51. The standard InChI is InChI=1S/C11H14BrNO3S2/c1-7-5-10(17-11(7)12)18(15,16)13-4-3-9(14)8(2)6-13/h5,8H,3-4,6H2,1-2H3. The Morgan fingerprint density at radius 2 is 2.17 bits per heavy atom. The molecule has 0 bridgehead atoms. The average Bonchev–Trinajstić information content (AvgIpc) is 2.64. The van der Waals surface area contributed by atoms with Crippen molar-refractivity contribution in [2.24, 2.45) is 5.92 Å². The summed E-state index contributed by atoms with van der Waals surface area (Å²) in [5, 5.41) is 0. The Morgan fingerprint density at radius 1 is 1.50 bits per heavy atom. The normalized spacial score (nSPS) is 22.4. The molecular formula is C11H14BrNO3S2. The lowest BCUT2D eigenvalue weighted by Crippen LogP contribution is -2.42. The SMILES string of the molecule is Cc1cc(S(=O)(=O)N2CCC(=O)C(C)C2)sc1Br. The molecule has 2 rings (SSSR count). The van der Waals surface area contributed by atoms with Gasteiger partial charge in [-0.2, -0.15) is 4.31 Å². The van der Waals surface area contributed by atoms with E-state index >= 15 is 0 Å². The minimum atomic E-state index is -3.45. The van der Waals surface area contributed by atoms with Crippen molar-refractivity contribution in [3.05, 3.63) is 15.4 Å². The number of hydrogen-bond acceptors (Lipinski definition) is 4. The molecule has 100 valence electrons. The van der Waals surface area contributed by atoms with Crippen LogP contribution in [0, 0.1) is 12.8 Å². The Morgan fingerprint density at radius 3 is 2.67 bits per heavy atom. The van der Waals surface area contributed by atoms with Crippen LogP contribution >= 0.6 is 27.3 Å². The van der Waals surface area contributed by atoms with E-state index in [1.54, 1.807) is 13.0 Å². The highest BCUT2D eigenvalue weighted by Gasteiger charge is 2.33. The predicted molar refractivity (Wildman–Crippen MR) is 74.3 cm³/mol. The van der Waals surface area contributed by atoms with E-state index in [2.05, 4.69) is 15.9 Å². The second kappa shape index (κ2) is 5.03. The Hall–Kier alpha value is -0.240. The average molecular weight is 352 g/mol. The van der Waals surface area contributed by atoms with Gasteiger partial charge in [0.2, 0.25) is 0 Å². The van der Waals surface area contributed by atoms with Gasteiger partial charge in [0.05, 0.1) is 3.79 Å². The summed E-state index contributed by atoms with van der Waals surface area (Å²) in [5.74, 6) is -0.0667.